The first-order valence-electron chi connectivity index (χ1n) is 8.97. The molecular weight excluding hydrogens is 379 g/mol. The van der Waals surface area contributed by atoms with Gasteiger partial charge in [-0.2, -0.15) is 4.98 Å². The summed E-state index contributed by atoms with van der Waals surface area (Å²) in [5.74, 6) is -1.28. The minimum atomic E-state index is -0.621. The molecule has 0 fully saturated rings. The highest BCUT2D eigenvalue weighted by atomic mass is 19.1. The van der Waals surface area contributed by atoms with Crippen LogP contribution in [0.5, 0.6) is 5.75 Å². The Morgan fingerprint density at radius 2 is 1.72 bits per heavy atom. The summed E-state index contributed by atoms with van der Waals surface area (Å²) in [5.41, 5.74) is 0.544. The predicted molar refractivity (Wildman–Crippen MR) is 102 cm³/mol. The highest BCUT2D eigenvalue weighted by Gasteiger charge is 2.18. The van der Waals surface area contributed by atoms with Crippen LogP contribution in [0.15, 0.2) is 53.1 Å². The molecule has 0 atom stereocenters. The van der Waals surface area contributed by atoms with Crippen molar-refractivity contribution < 1.29 is 23.2 Å². The van der Waals surface area contributed by atoms with Gasteiger partial charge < -0.3 is 19.9 Å². The van der Waals surface area contributed by atoms with E-state index < -0.39 is 11.7 Å². The second kappa shape index (κ2) is 9.45. The molecule has 3 aromatic rings. The molecule has 2 aromatic carbocycles. The fraction of sp³-hybridized carbons (Fsp3) is 0.200. The Morgan fingerprint density at radius 3 is 2.48 bits per heavy atom. The number of para-hydroxylation sites is 1. The maximum Gasteiger partial charge on any atom is 0.316 e. The fourth-order valence-electron chi connectivity index (χ4n) is 2.53. The molecule has 0 saturated carbocycles. The second-order valence-corrected chi connectivity index (χ2v) is 5.84. The largest absolute Gasteiger partial charge is 0.493 e. The van der Waals surface area contributed by atoms with Crippen molar-refractivity contribution in [3.63, 3.8) is 0 Å². The van der Waals surface area contributed by atoms with Crippen LogP contribution >= 0.6 is 0 Å². The molecule has 3 rings (SSSR count). The van der Waals surface area contributed by atoms with Gasteiger partial charge in [0.2, 0.25) is 5.82 Å². The molecule has 8 nitrogen and oxygen atoms in total. The van der Waals surface area contributed by atoms with E-state index in [-0.39, 0.29) is 36.3 Å². The van der Waals surface area contributed by atoms with E-state index in [0.29, 0.717) is 17.9 Å². The van der Waals surface area contributed by atoms with E-state index in [1.807, 2.05) is 6.92 Å². The normalized spacial score (nSPS) is 10.4. The third kappa shape index (κ3) is 4.95. The average molecular weight is 398 g/mol. The van der Waals surface area contributed by atoms with Crippen molar-refractivity contribution >= 4 is 11.8 Å². The van der Waals surface area contributed by atoms with E-state index in [4.69, 9.17) is 9.26 Å². The van der Waals surface area contributed by atoms with Crippen LogP contribution in [0.4, 0.5) is 4.39 Å². The van der Waals surface area contributed by atoms with Gasteiger partial charge in [-0.25, -0.2) is 4.39 Å². The molecule has 0 bridgehead atoms. The number of hydrogen-bond acceptors (Lipinski definition) is 6. The van der Waals surface area contributed by atoms with Crippen LogP contribution in [0.3, 0.4) is 0 Å². The summed E-state index contributed by atoms with van der Waals surface area (Å²) < 4.78 is 24.1. The molecular formula is C20H19FN4O4. The summed E-state index contributed by atoms with van der Waals surface area (Å²) in [4.78, 5) is 28.3. The molecule has 0 saturated heterocycles. The van der Waals surface area contributed by atoms with Crippen molar-refractivity contribution in [1.82, 2.24) is 20.8 Å². The number of ether oxygens (including phenoxy) is 1. The summed E-state index contributed by atoms with van der Waals surface area (Å²) in [5, 5.41) is 8.86. The molecule has 1 heterocycles. The van der Waals surface area contributed by atoms with E-state index >= 15 is 0 Å². The van der Waals surface area contributed by atoms with Crippen molar-refractivity contribution in [2.75, 3.05) is 19.7 Å². The number of nitrogens with one attached hydrogen (secondary N) is 2. The molecule has 1 aromatic heterocycles. The number of aromatic nitrogens is 2. The molecule has 29 heavy (non-hydrogen) atoms. The van der Waals surface area contributed by atoms with Crippen molar-refractivity contribution in [2.45, 2.75) is 6.92 Å². The van der Waals surface area contributed by atoms with Gasteiger partial charge in [0.05, 0.1) is 17.7 Å². The standard InChI is InChI=1S/C20H19FN4O4/c1-2-28-16-10-6-4-8-14(16)18(26)22-11-12-23-19(27)20-24-17(25-29-20)13-7-3-5-9-15(13)21/h3-10H,2,11-12H2,1H3,(H,22,26)(H,23,27). The first-order valence-corrected chi connectivity index (χ1v) is 8.97. The van der Waals surface area contributed by atoms with Gasteiger partial charge in [0.15, 0.2) is 0 Å². The summed E-state index contributed by atoms with van der Waals surface area (Å²) in [6.45, 7) is 2.59. The van der Waals surface area contributed by atoms with Crippen LogP contribution in [0.1, 0.15) is 28.0 Å². The van der Waals surface area contributed by atoms with Gasteiger partial charge in [0, 0.05) is 13.1 Å². The summed E-state index contributed by atoms with van der Waals surface area (Å²) in [6.07, 6.45) is 0. The van der Waals surface area contributed by atoms with Crippen molar-refractivity contribution in [2.24, 2.45) is 0 Å². The lowest BCUT2D eigenvalue weighted by atomic mass is 10.2. The number of benzene rings is 2. The molecule has 2 N–H and O–H groups in total. The predicted octanol–water partition coefficient (Wildman–Crippen LogP) is 2.43. The smallest absolute Gasteiger partial charge is 0.316 e. The molecule has 150 valence electrons. The van der Waals surface area contributed by atoms with Crippen molar-refractivity contribution in [3.05, 3.63) is 65.8 Å². The molecule has 0 radical (unpaired) electrons. The minimum absolute atomic E-state index is 0.0194. The molecule has 9 heteroatoms. The lowest BCUT2D eigenvalue weighted by Gasteiger charge is -2.10. The van der Waals surface area contributed by atoms with Gasteiger partial charge in [-0.1, -0.05) is 29.4 Å². The summed E-state index contributed by atoms with van der Waals surface area (Å²) >= 11 is 0. The third-order valence-corrected chi connectivity index (χ3v) is 3.86. The Hall–Kier alpha value is -3.75. The fourth-order valence-corrected chi connectivity index (χ4v) is 2.53. The Morgan fingerprint density at radius 1 is 1.03 bits per heavy atom. The quantitative estimate of drug-likeness (QED) is 0.565. The monoisotopic (exact) mass is 398 g/mol. The number of carbonyl (C=O) groups excluding carboxylic acids is 2. The Balaban J connectivity index is 1.51. The molecule has 2 amide bonds. The van der Waals surface area contributed by atoms with Gasteiger partial charge in [-0.05, 0) is 31.2 Å². The summed E-state index contributed by atoms with van der Waals surface area (Å²) in [6, 6.07) is 12.8. The van der Waals surface area contributed by atoms with Crippen LogP contribution in [0.2, 0.25) is 0 Å². The molecule has 0 aliphatic rings. The van der Waals surface area contributed by atoms with Crippen molar-refractivity contribution in [1.29, 1.82) is 0 Å². The Bertz CT molecular complexity index is 1010. The van der Waals surface area contributed by atoms with Crippen LogP contribution in [0.25, 0.3) is 11.4 Å². The van der Waals surface area contributed by atoms with E-state index in [1.54, 1.807) is 30.3 Å². The van der Waals surface area contributed by atoms with E-state index in [2.05, 4.69) is 20.8 Å². The van der Waals surface area contributed by atoms with Gasteiger partial charge in [-0.15, -0.1) is 0 Å². The number of halogens is 1. The molecule has 0 unspecified atom stereocenters. The Kier molecular flexibility index (Phi) is 6.51. The van der Waals surface area contributed by atoms with Crippen LogP contribution in [-0.2, 0) is 0 Å². The number of hydrogen-bond donors (Lipinski definition) is 2. The van der Waals surface area contributed by atoms with Crippen LogP contribution in [-0.4, -0.2) is 41.7 Å². The van der Waals surface area contributed by atoms with Gasteiger partial charge in [-0.3, -0.25) is 9.59 Å². The first kappa shape index (κ1) is 20.0. The average Bonchev–Trinajstić information content (AvgIpc) is 3.22. The van der Waals surface area contributed by atoms with Crippen LogP contribution < -0.4 is 15.4 Å². The lowest BCUT2D eigenvalue weighted by Crippen LogP contribution is -2.35. The maximum atomic E-state index is 13.8. The highest BCUT2D eigenvalue weighted by Crippen LogP contribution is 2.19. The lowest BCUT2D eigenvalue weighted by molar-refractivity contribution is 0.0897. The number of nitrogens with zero attached hydrogens (tertiary/aromatic N) is 2. The zero-order valence-electron chi connectivity index (χ0n) is 15.6. The maximum absolute atomic E-state index is 13.8. The minimum Gasteiger partial charge on any atom is -0.493 e. The second-order valence-electron chi connectivity index (χ2n) is 5.84. The molecule has 0 aliphatic heterocycles. The third-order valence-electron chi connectivity index (χ3n) is 3.86. The van der Waals surface area contributed by atoms with Crippen molar-refractivity contribution in [3.8, 4) is 17.1 Å². The number of amides is 2. The van der Waals surface area contributed by atoms with E-state index in [1.165, 1.54) is 18.2 Å². The first-order chi connectivity index (χ1) is 14.1. The number of rotatable bonds is 8. The zero-order chi connectivity index (χ0) is 20.6. The topological polar surface area (TPSA) is 106 Å². The van der Waals surface area contributed by atoms with E-state index in [0.717, 1.165) is 0 Å². The van der Waals surface area contributed by atoms with Gasteiger partial charge in [0.25, 0.3) is 5.91 Å². The zero-order valence-corrected chi connectivity index (χ0v) is 15.6. The van der Waals surface area contributed by atoms with E-state index in [9.17, 15) is 14.0 Å². The SMILES string of the molecule is CCOc1ccccc1C(=O)NCCNC(=O)c1nc(-c2ccccc2F)no1. The van der Waals surface area contributed by atoms with Crippen LogP contribution in [0, 0.1) is 5.82 Å². The molecule has 0 spiro atoms. The summed E-state index contributed by atoms with van der Waals surface area (Å²) in [7, 11) is 0. The van der Waals surface area contributed by atoms with Gasteiger partial charge >= 0.3 is 11.8 Å². The highest BCUT2D eigenvalue weighted by molar-refractivity contribution is 5.97. The van der Waals surface area contributed by atoms with Gasteiger partial charge in [0.1, 0.15) is 11.6 Å². The Labute approximate surface area is 166 Å². The number of carbonyl (C=O) groups is 2. The molecule has 0 aliphatic carbocycles.